The van der Waals surface area contributed by atoms with Crippen LogP contribution in [0.4, 0.5) is 34.1 Å². The van der Waals surface area contributed by atoms with Crippen molar-refractivity contribution in [1.29, 1.82) is 0 Å². The molecule has 0 saturated carbocycles. The quantitative estimate of drug-likeness (QED) is 0.131. The van der Waals surface area contributed by atoms with Crippen molar-refractivity contribution in [2.24, 2.45) is 0 Å². The first-order chi connectivity index (χ1) is 27.3. The number of nitrogen functional groups attached to an aromatic ring is 1. The van der Waals surface area contributed by atoms with Crippen molar-refractivity contribution in [3.63, 3.8) is 0 Å². The Morgan fingerprint density at radius 1 is 0.930 bits per heavy atom. The van der Waals surface area contributed by atoms with Crippen molar-refractivity contribution in [2.45, 2.75) is 114 Å². The summed E-state index contributed by atoms with van der Waals surface area (Å²) in [4.78, 5) is 61.1. The van der Waals surface area contributed by atoms with Crippen LogP contribution in [0.1, 0.15) is 87.8 Å². The van der Waals surface area contributed by atoms with Gasteiger partial charge < -0.3 is 35.2 Å². The van der Waals surface area contributed by atoms with Crippen LogP contribution in [0.2, 0.25) is 5.02 Å². The largest absolute Gasteiger partial charge is 0.465 e. The summed E-state index contributed by atoms with van der Waals surface area (Å²) in [6.45, 7) is 4.96. The molecular formula is C41H54ClF3N6O6. The second-order valence-electron chi connectivity index (χ2n) is 15.5. The fourth-order valence-electron chi connectivity index (χ4n) is 8.61. The first kappa shape index (κ1) is 42.4. The van der Waals surface area contributed by atoms with E-state index < -0.39 is 35.5 Å². The Bertz CT molecular complexity index is 1750. The molecule has 0 spiro atoms. The van der Waals surface area contributed by atoms with Crippen LogP contribution in [0.3, 0.4) is 0 Å². The molecule has 0 unspecified atom stereocenters. The van der Waals surface area contributed by atoms with E-state index in [1.165, 1.54) is 11.0 Å². The van der Waals surface area contributed by atoms with Crippen molar-refractivity contribution in [3.05, 3.63) is 58.1 Å². The molecule has 0 radical (unpaired) electrons. The minimum atomic E-state index is -4.80. The molecule has 2 atom stereocenters. The number of hydrogen-bond acceptors (Lipinski definition) is 8. The van der Waals surface area contributed by atoms with Gasteiger partial charge in [0.05, 0.1) is 22.9 Å². The summed E-state index contributed by atoms with van der Waals surface area (Å²) < 4.78 is 53.2. The number of alkyl halides is 3. The average molecular weight is 819 g/mol. The van der Waals surface area contributed by atoms with Crippen molar-refractivity contribution < 1.29 is 41.8 Å². The number of halogens is 4. The topological polar surface area (TPSA) is 138 Å². The number of para-hydroxylation sites is 1. The molecule has 3 saturated heterocycles. The Morgan fingerprint density at radius 2 is 1.63 bits per heavy atom. The van der Waals surface area contributed by atoms with E-state index in [4.69, 9.17) is 26.8 Å². The standard InChI is InChI=1S/C41H54ClF3N6O6/c1-2-3-4-7-23-56-38(53)34-11-8-17-50(34)29-13-18-48(19-14-29)37(52)35(26-27-24-31(41(43,44)45)36(46)32(42)25-27)57-40(55)49-20-15-30(16-21-49)51-22-12-28-9-5-6-10-33(28)47-39(51)54/h5-6,9-10,24-25,29-30,34-35H,2-4,7-8,11-23,26,46H2,1H3,(H,47,54)/t34-,35-/m1/s1. The number of benzene rings is 2. The van der Waals surface area contributed by atoms with Gasteiger partial charge in [-0.1, -0.05) is 56.0 Å². The maximum absolute atomic E-state index is 14.2. The third kappa shape index (κ3) is 10.4. The number of urea groups is 1. The molecule has 0 aromatic heterocycles. The van der Waals surface area contributed by atoms with E-state index in [2.05, 4.69) is 17.1 Å². The lowest BCUT2D eigenvalue weighted by Crippen LogP contribution is -2.53. The highest BCUT2D eigenvalue weighted by Crippen LogP contribution is 2.38. The Morgan fingerprint density at radius 3 is 2.35 bits per heavy atom. The van der Waals surface area contributed by atoms with Gasteiger partial charge in [0.25, 0.3) is 5.91 Å². The Hall–Kier alpha value is -4.24. The highest BCUT2D eigenvalue weighted by atomic mass is 35.5. The van der Waals surface area contributed by atoms with Gasteiger partial charge in [0, 0.05) is 56.9 Å². The Labute approximate surface area is 337 Å². The lowest BCUT2D eigenvalue weighted by Gasteiger charge is -2.40. The number of likely N-dealkylation sites (tertiary alicyclic amines) is 3. The summed E-state index contributed by atoms with van der Waals surface area (Å²) in [5.74, 6) is -0.734. The van der Waals surface area contributed by atoms with Crippen LogP contribution in [0.5, 0.6) is 0 Å². The third-order valence-electron chi connectivity index (χ3n) is 11.8. The van der Waals surface area contributed by atoms with E-state index in [-0.39, 0.29) is 60.2 Å². The first-order valence-corrected chi connectivity index (χ1v) is 20.7. The van der Waals surface area contributed by atoms with Crippen LogP contribution in [-0.2, 0) is 38.1 Å². The smallest absolute Gasteiger partial charge is 0.418 e. The number of ether oxygens (including phenoxy) is 2. The predicted octanol–water partition coefficient (Wildman–Crippen LogP) is 7.12. The van der Waals surface area contributed by atoms with Gasteiger partial charge in [-0.2, -0.15) is 13.2 Å². The average Bonchev–Trinajstić information content (AvgIpc) is 3.63. The van der Waals surface area contributed by atoms with E-state index >= 15 is 0 Å². The third-order valence-corrected chi connectivity index (χ3v) is 12.1. The maximum Gasteiger partial charge on any atom is 0.418 e. The van der Waals surface area contributed by atoms with Crippen LogP contribution in [0.25, 0.3) is 0 Å². The Kier molecular flexibility index (Phi) is 14.1. The van der Waals surface area contributed by atoms with Gasteiger partial charge in [0.2, 0.25) is 0 Å². The number of esters is 1. The molecule has 16 heteroatoms. The van der Waals surface area contributed by atoms with Crippen LogP contribution in [-0.4, -0.2) is 114 Å². The minimum absolute atomic E-state index is 0.0437. The summed E-state index contributed by atoms with van der Waals surface area (Å²) in [5.41, 5.74) is 5.80. The number of carbonyl (C=O) groups excluding carboxylic acids is 4. The van der Waals surface area contributed by atoms with Gasteiger partial charge in [-0.3, -0.25) is 14.5 Å². The predicted molar refractivity (Wildman–Crippen MR) is 210 cm³/mol. The zero-order valence-electron chi connectivity index (χ0n) is 32.5. The van der Waals surface area contributed by atoms with Crippen LogP contribution in [0.15, 0.2) is 36.4 Å². The summed E-state index contributed by atoms with van der Waals surface area (Å²) in [6, 6.07) is 9.16. The fraction of sp³-hybridized carbons (Fsp3) is 0.610. The van der Waals surface area contributed by atoms with E-state index in [0.717, 1.165) is 56.0 Å². The number of carbonyl (C=O) groups is 4. The van der Waals surface area contributed by atoms with Gasteiger partial charge in [-0.05, 0) is 87.2 Å². The lowest BCUT2D eigenvalue weighted by molar-refractivity contribution is -0.151. The van der Waals surface area contributed by atoms with Crippen molar-refractivity contribution >= 4 is 47.0 Å². The van der Waals surface area contributed by atoms with Gasteiger partial charge in [-0.25, -0.2) is 9.59 Å². The van der Waals surface area contributed by atoms with E-state index in [0.29, 0.717) is 64.8 Å². The second kappa shape index (κ2) is 19.0. The molecular weight excluding hydrogens is 765 g/mol. The molecule has 3 N–H and O–H groups in total. The highest BCUT2D eigenvalue weighted by Gasteiger charge is 2.41. The zero-order chi connectivity index (χ0) is 40.7. The van der Waals surface area contributed by atoms with Gasteiger partial charge in [0.15, 0.2) is 6.10 Å². The maximum atomic E-state index is 14.2. The second-order valence-corrected chi connectivity index (χ2v) is 15.9. The van der Waals surface area contributed by atoms with E-state index in [9.17, 15) is 32.3 Å². The number of hydrogen-bond donors (Lipinski definition) is 2. The number of rotatable bonds is 12. The minimum Gasteiger partial charge on any atom is -0.465 e. The van der Waals surface area contributed by atoms with Crippen molar-refractivity contribution in [1.82, 2.24) is 19.6 Å². The number of anilines is 2. The summed E-state index contributed by atoms with van der Waals surface area (Å²) in [6.07, 6.45) is 1.08. The molecule has 4 aliphatic heterocycles. The SMILES string of the molecule is CCCCCCOC(=O)[C@H]1CCCN1C1CCN(C(=O)[C@@H](Cc2cc(Cl)c(N)c(C(F)(F)F)c2)OC(=O)N2CCC(N3CCc4ccccc4NC3=O)CC2)CC1. The molecule has 0 aliphatic carbocycles. The molecule has 6 rings (SSSR count). The fourth-order valence-corrected chi connectivity index (χ4v) is 8.85. The lowest BCUT2D eigenvalue weighted by atomic mass is 9.99. The van der Waals surface area contributed by atoms with E-state index in [1.807, 2.05) is 24.3 Å². The van der Waals surface area contributed by atoms with Crippen molar-refractivity contribution in [3.8, 4) is 0 Å². The zero-order valence-corrected chi connectivity index (χ0v) is 33.3. The summed E-state index contributed by atoms with van der Waals surface area (Å²) in [7, 11) is 0. The number of amides is 4. The van der Waals surface area contributed by atoms with Gasteiger partial charge >= 0.3 is 24.3 Å². The van der Waals surface area contributed by atoms with Crippen LogP contribution >= 0.6 is 11.6 Å². The normalized spacial score (nSPS) is 20.5. The molecule has 4 aliphatic rings. The number of unbranched alkanes of at least 4 members (excludes halogenated alkanes) is 3. The Balaban J connectivity index is 1.10. The first-order valence-electron chi connectivity index (χ1n) is 20.3. The summed E-state index contributed by atoms with van der Waals surface area (Å²) >= 11 is 6.14. The van der Waals surface area contributed by atoms with E-state index in [1.54, 1.807) is 9.80 Å². The molecule has 57 heavy (non-hydrogen) atoms. The number of fused-ring (bicyclic) bond motifs is 1. The molecule has 4 amide bonds. The highest BCUT2D eigenvalue weighted by molar-refractivity contribution is 6.33. The summed E-state index contributed by atoms with van der Waals surface area (Å²) in [5, 5.41) is 2.67. The molecule has 312 valence electrons. The number of nitrogens with two attached hydrogens (primary N) is 1. The molecule has 2 aromatic rings. The number of nitrogens with one attached hydrogen (secondary N) is 1. The van der Waals surface area contributed by atoms with Gasteiger partial charge in [-0.15, -0.1) is 0 Å². The number of nitrogens with zero attached hydrogens (tertiary/aromatic N) is 4. The molecule has 0 bridgehead atoms. The van der Waals surface area contributed by atoms with Crippen LogP contribution < -0.4 is 11.1 Å². The van der Waals surface area contributed by atoms with Crippen LogP contribution in [0, 0.1) is 0 Å². The number of piperidine rings is 2. The molecule has 3 fully saturated rings. The van der Waals surface area contributed by atoms with Gasteiger partial charge in [0.1, 0.15) is 6.04 Å². The van der Waals surface area contributed by atoms with Crippen molar-refractivity contribution in [2.75, 3.05) is 56.9 Å². The molecule has 2 aromatic carbocycles. The molecule has 4 heterocycles. The molecule has 12 nitrogen and oxygen atoms in total. The monoisotopic (exact) mass is 818 g/mol.